The normalized spacial score (nSPS) is 34.4. The summed E-state index contributed by atoms with van der Waals surface area (Å²) in [6.07, 6.45) is 12.1. The van der Waals surface area contributed by atoms with E-state index < -0.39 is 23.4 Å². The molecule has 0 spiro atoms. The zero-order valence-corrected chi connectivity index (χ0v) is 13.8. The molecule has 2 fully saturated rings. The Bertz CT molecular complexity index is 295. The van der Waals surface area contributed by atoms with Crippen molar-refractivity contribution in [2.45, 2.75) is 101 Å². The smallest absolute Gasteiger partial charge is 0.165 e. The summed E-state index contributed by atoms with van der Waals surface area (Å²) in [6, 6.07) is 0. The third kappa shape index (κ3) is 4.92. The fraction of sp³-hybridized carbons (Fsp3) is 1.00. The summed E-state index contributed by atoms with van der Waals surface area (Å²) in [5.41, 5.74) is 0. The first kappa shape index (κ1) is 18.2. The molecule has 0 aromatic carbocycles. The SMILES string of the molecule is OC1(O)CCCCCCCC1C1CCCCCCCC1(O)O. The van der Waals surface area contributed by atoms with Crippen LogP contribution in [0, 0.1) is 11.8 Å². The van der Waals surface area contributed by atoms with E-state index in [1.54, 1.807) is 0 Å². The van der Waals surface area contributed by atoms with Crippen molar-refractivity contribution in [3.8, 4) is 0 Å². The maximum Gasteiger partial charge on any atom is 0.165 e. The van der Waals surface area contributed by atoms with Crippen molar-refractivity contribution >= 4 is 0 Å². The van der Waals surface area contributed by atoms with Gasteiger partial charge in [-0.25, -0.2) is 0 Å². The van der Waals surface area contributed by atoms with Crippen molar-refractivity contribution in [1.29, 1.82) is 0 Å². The van der Waals surface area contributed by atoms with Crippen molar-refractivity contribution in [3.63, 3.8) is 0 Å². The van der Waals surface area contributed by atoms with Gasteiger partial charge in [-0.2, -0.15) is 0 Å². The van der Waals surface area contributed by atoms with Crippen LogP contribution in [0.4, 0.5) is 0 Å². The van der Waals surface area contributed by atoms with Crippen LogP contribution in [-0.4, -0.2) is 32.0 Å². The highest BCUT2D eigenvalue weighted by molar-refractivity contribution is 4.90. The molecule has 0 bridgehead atoms. The second-order valence-corrected chi connectivity index (χ2v) is 7.58. The molecule has 4 nitrogen and oxygen atoms in total. The molecule has 0 aromatic rings. The Balaban J connectivity index is 2.19. The van der Waals surface area contributed by atoms with Gasteiger partial charge in [0.2, 0.25) is 0 Å². The van der Waals surface area contributed by atoms with E-state index in [2.05, 4.69) is 0 Å². The van der Waals surface area contributed by atoms with Gasteiger partial charge in [0.15, 0.2) is 11.6 Å². The standard InChI is InChI=1S/C18H34O4/c19-17(20)13-9-5-1-3-7-11-15(17)16-12-8-4-2-6-10-14-18(16,21)22/h15-16,19-22H,1-14H2. The Morgan fingerprint density at radius 2 is 0.773 bits per heavy atom. The van der Waals surface area contributed by atoms with Crippen LogP contribution in [0.15, 0.2) is 0 Å². The molecule has 2 aliphatic rings. The molecule has 22 heavy (non-hydrogen) atoms. The molecule has 2 rings (SSSR count). The van der Waals surface area contributed by atoms with E-state index in [-0.39, 0.29) is 0 Å². The van der Waals surface area contributed by atoms with Crippen LogP contribution < -0.4 is 0 Å². The molecule has 0 amide bonds. The van der Waals surface area contributed by atoms with Crippen LogP contribution in [0.1, 0.15) is 89.9 Å². The predicted molar refractivity (Wildman–Crippen MR) is 86.0 cm³/mol. The third-order valence-corrected chi connectivity index (χ3v) is 5.79. The number of hydrogen-bond donors (Lipinski definition) is 4. The number of aliphatic hydroxyl groups is 4. The van der Waals surface area contributed by atoms with E-state index in [0.717, 1.165) is 64.2 Å². The average molecular weight is 314 g/mol. The lowest BCUT2D eigenvalue weighted by Crippen LogP contribution is -2.51. The summed E-state index contributed by atoms with van der Waals surface area (Å²) in [4.78, 5) is 0. The molecule has 0 heterocycles. The summed E-state index contributed by atoms with van der Waals surface area (Å²) in [6.45, 7) is 0. The van der Waals surface area contributed by atoms with Crippen molar-refractivity contribution in [3.05, 3.63) is 0 Å². The summed E-state index contributed by atoms with van der Waals surface area (Å²) < 4.78 is 0. The van der Waals surface area contributed by atoms with Crippen molar-refractivity contribution < 1.29 is 20.4 Å². The van der Waals surface area contributed by atoms with Gasteiger partial charge < -0.3 is 20.4 Å². The number of rotatable bonds is 1. The van der Waals surface area contributed by atoms with Gasteiger partial charge in [-0.05, 0) is 25.7 Å². The van der Waals surface area contributed by atoms with E-state index >= 15 is 0 Å². The van der Waals surface area contributed by atoms with E-state index in [4.69, 9.17) is 0 Å². The summed E-state index contributed by atoms with van der Waals surface area (Å²) in [7, 11) is 0. The highest BCUT2D eigenvalue weighted by Crippen LogP contribution is 2.43. The maximum atomic E-state index is 10.6. The minimum absolute atomic E-state index is 0.351. The summed E-state index contributed by atoms with van der Waals surface area (Å²) >= 11 is 0. The monoisotopic (exact) mass is 314 g/mol. The molecular formula is C18H34O4. The minimum Gasteiger partial charge on any atom is -0.365 e. The van der Waals surface area contributed by atoms with E-state index in [1.165, 1.54) is 0 Å². The summed E-state index contributed by atoms with van der Waals surface area (Å²) in [5.74, 6) is -4.39. The van der Waals surface area contributed by atoms with Gasteiger partial charge in [0, 0.05) is 24.7 Å². The molecule has 2 saturated carbocycles. The van der Waals surface area contributed by atoms with Crippen LogP contribution in [0.2, 0.25) is 0 Å². The predicted octanol–water partition coefficient (Wildman–Crippen LogP) is 3.07. The molecule has 2 unspecified atom stereocenters. The first-order valence-corrected chi connectivity index (χ1v) is 9.33. The Hall–Kier alpha value is -0.160. The Morgan fingerprint density at radius 3 is 1.18 bits per heavy atom. The Labute approximate surface area is 134 Å². The van der Waals surface area contributed by atoms with Crippen LogP contribution in [-0.2, 0) is 0 Å². The van der Waals surface area contributed by atoms with Crippen LogP contribution in [0.3, 0.4) is 0 Å². The van der Waals surface area contributed by atoms with Gasteiger partial charge >= 0.3 is 0 Å². The van der Waals surface area contributed by atoms with Gasteiger partial charge in [0.05, 0.1) is 0 Å². The van der Waals surface area contributed by atoms with Crippen molar-refractivity contribution in [2.75, 3.05) is 0 Å². The maximum absolute atomic E-state index is 10.6. The molecule has 0 aromatic heterocycles. The number of hydrogen-bond acceptors (Lipinski definition) is 4. The lowest BCUT2D eigenvalue weighted by Gasteiger charge is -2.42. The highest BCUT2D eigenvalue weighted by atomic mass is 16.5. The fourth-order valence-corrected chi connectivity index (χ4v) is 4.44. The zero-order valence-electron chi connectivity index (χ0n) is 13.8. The Kier molecular flexibility index (Phi) is 6.69. The first-order chi connectivity index (χ1) is 10.4. The van der Waals surface area contributed by atoms with E-state index in [1.807, 2.05) is 0 Å². The van der Waals surface area contributed by atoms with Crippen molar-refractivity contribution in [1.82, 2.24) is 0 Å². The second-order valence-electron chi connectivity index (χ2n) is 7.58. The van der Waals surface area contributed by atoms with Crippen molar-refractivity contribution in [2.24, 2.45) is 11.8 Å². The molecule has 4 heteroatoms. The molecule has 2 atom stereocenters. The minimum atomic E-state index is -1.76. The van der Waals surface area contributed by atoms with Crippen LogP contribution >= 0.6 is 0 Å². The topological polar surface area (TPSA) is 80.9 Å². The largest absolute Gasteiger partial charge is 0.365 e. The molecule has 4 N–H and O–H groups in total. The molecule has 0 aliphatic heterocycles. The lowest BCUT2D eigenvalue weighted by atomic mass is 9.72. The molecule has 2 aliphatic carbocycles. The third-order valence-electron chi connectivity index (χ3n) is 5.79. The lowest BCUT2D eigenvalue weighted by molar-refractivity contribution is -0.278. The van der Waals surface area contributed by atoms with Crippen LogP contribution in [0.5, 0.6) is 0 Å². The van der Waals surface area contributed by atoms with Gasteiger partial charge in [-0.3, -0.25) is 0 Å². The average Bonchev–Trinajstić information content (AvgIpc) is 2.57. The van der Waals surface area contributed by atoms with Crippen LogP contribution in [0.25, 0.3) is 0 Å². The van der Waals surface area contributed by atoms with E-state index in [9.17, 15) is 20.4 Å². The molecule has 0 radical (unpaired) electrons. The molecule has 0 saturated heterocycles. The molecule has 130 valence electrons. The van der Waals surface area contributed by atoms with Gasteiger partial charge in [-0.15, -0.1) is 0 Å². The van der Waals surface area contributed by atoms with Gasteiger partial charge in [-0.1, -0.05) is 51.4 Å². The second kappa shape index (κ2) is 8.09. The first-order valence-electron chi connectivity index (χ1n) is 9.33. The highest BCUT2D eigenvalue weighted by Gasteiger charge is 2.47. The van der Waals surface area contributed by atoms with Gasteiger partial charge in [0.1, 0.15) is 0 Å². The Morgan fingerprint density at radius 1 is 0.455 bits per heavy atom. The molecular weight excluding hydrogens is 280 g/mol. The summed E-state index contributed by atoms with van der Waals surface area (Å²) in [5, 5.41) is 42.5. The van der Waals surface area contributed by atoms with E-state index in [0.29, 0.717) is 25.7 Å². The quantitative estimate of drug-likeness (QED) is 0.561. The fourth-order valence-electron chi connectivity index (χ4n) is 4.44. The zero-order chi connectivity index (χ0) is 16.1. The van der Waals surface area contributed by atoms with Gasteiger partial charge in [0.25, 0.3) is 0 Å².